The Morgan fingerprint density at radius 3 is 2.71 bits per heavy atom. The summed E-state index contributed by atoms with van der Waals surface area (Å²) >= 11 is 0. The molecule has 2 N–H and O–H groups in total. The van der Waals surface area contributed by atoms with Crippen LogP contribution in [-0.2, 0) is 6.54 Å². The van der Waals surface area contributed by atoms with Gasteiger partial charge in [0.1, 0.15) is 5.75 Å². The summed E-state index contributed by atoms with van der Waals surface area (Å²) in [7, 11) is 3.02. The average Bonchev–Trinajstić information content (AvgIpc) is 3.26. The molecule has 2 aromatic rings. The lowest BCUT2D eigenvalue weighted by Crippen LogP contribution is -2.38. The summed E-state index contributed by atoms with van der Waals surface area (Å²) in [6, 6.07) is 12.2. The second-order valence-corrected chi connectivity index (χ2v) is 7.23. The van der Waals surface area contributed by atoms with Crippen molar-refractivity contribution in [3.05, 3.63) is 48.0 Å². The summed E-state index contributed by atoms with van der Waals surface area (Å²) < 4.78 is 39.6. The minimum absolute atomic E-state index is 0.0486. The van der Waals surface area contributed by atoms with Gasteiger partial charge in [-0.3, -0.25) is 0 Å². The number of carbonyl (C=O) groups is 1. The van der Waals surface area contributed by atoms with Crippen LogP contribution in [0.4, 0.5) is 19.3 Å². The minimum Gasteiger partial charge on any atom is -0.497 e. The van der Waals surface area contributed by atoms with Gasteiger partial charge in [-0.1, -0.05) is 12.1 Å². The van der Waals surface area contributed by atoms with Crippen LogP contribution < -0.4 is 29.7 Å². The number of urea groups is 1. The largest absolute Gasteiger partial charge is 0.497 e. The molecule has 31 heavy (non-hydrogen) atoms. The molecule has 0 aliphatic carbocycles. The highest BCUT2D eigenvalue weighted by molar-refractivity contribution is 5.73. The van der Waals surface area contributed by atoms with E-state index in [-0.39, 0.29) is 24.1 Å². The molecule has 1 fully saturated rings. The number of anilines is 1. The van der Waals surface area contributed by atoms with Gasteiger partial charge in [-0.15, -0.1) is 0 Å². The number of carbonyl (C=O) groups excluding carboxylic acids is 1. The number of methoxy groups -OCH3 is 2. The fourth-order valence-corrected chi connectivity index (χ4v) is 3.54. The monoisotopic (exact) mass is 435 g/mol. The average molecular weight is 435 g/mol. The fourth-order valence-electron chi connectivity index (χ4n) is 3.54. The molecule has 1 atom stereocenters. The van der Waals surface area contributed by atoms with Crippen LogP contribution in [0.1, 0.15) is 12.0 Å². The first-order chi connectivity index (χ1) is 15.0. The Morgan fingerprint density at radius 2 is 1.97 bits per heavy atom. The lowest BCUT2D eigenvalue weighted by atomic mass is 10.1. The standard InChI is InChI=1S/C22H27F2N3O4/c1-29-18-5-3-4-17(11-18)27-9-8-16(14-27)13-26-22(28)25-12-15-6-7-19(31-21(23)24)20(10-15)30-2/h3-7,10-11,16,21H,8-9,12-14H2,1-2H3,(H2,25,26,28). The highest BCUT2D eigenvalue weighted by Crippen LogP contribution is 2.29. The van der Waals surface area contributed by atoms with Crippen LogP contribution in [0.5, 0.6) is 17.2 Å². The summed E-state index contributed by atoms with van der Waals surface area (Å²) in [5, 5.41) is 5.67. The first-order valence-electron chi connectivity index (χ1n) is 10.0. The molecule has 3 rings (SSSR count). The maximum Gasteiger partial charge on any atom is 0.387 e. The number of halogens is 2. The van der Waals surface area contributed by atoms with E-state index in [0.29, 0.717) is 18.0 Å². The van der Waals surface area contributed by atoms with Crippen molar-refractivity contribution >= 4 is 11.7 Å². The lowest BCUT2D eigenvalue weighted by Gasteiger charge is -2.19. The van der Waals surface area contributed by atoms with Crippen LogP contribution in [0, 0.1) is 5.92 Å². The van der Waals surface area contributed by atoms with E-state index in [0.717, 1.165) is 30.9 Å². The van der Waals surface area contributed by atoms with Crippen molar-refractivity contribution in [1.29, 1.82) is 0 Å². The lowest BCUT2D eigenvalue weighted by molar-refractivity contribution is -0.0512. The Morgan fingerprint density at radius 1 is 1.13 bits per heavy atom. The van der Waals surface area contributed by atoms with Gasteiger partial charge in [0.2, 0.25) is 0 Å². The molecule has 0 aromatic heterocycles. The van der Waals surface area contributed by atoms with Crippen molar-refractivity contribution in [2.24, 2.45) is 5.92 Å². The van der Waals surface area contributed by atoms with E-state index < -0.39 is 6.61 Å². The van der Waals surface area contributed by atoms with Crippen molar-refractivity contribution in [2.75, 3.05) is 38.8 Å². The zero-order valence-corrected chi connectivity index (χ0v) is 17.6. The van der Waals surface area contributed by atoms with Crippen molar-refractivity contribution in [3.63, 3.8) is 0 Å². The number of nitrogens with one attached hydrogen (secondary N) is 2. The molecule has 0 spiro atoms. The number of hydrogen-bond acceptors (Lipinski definition) is 5. The Bertz CT molecular complexity index is 882. The van der Waals surface area contributed by atoms with Crippen LogP contribution in [0.15, 0.2) is 42.5 Å². The Labute approximate surface area is 180 Å². The predicted octanol–water partition coefficient (Wildman–Crippen LogP) is 3.63. The van der Waals surface area contributed by atoms with Gasteiger partial charge in [0, 0.05) is 37.9 Å². The molecule has 168 valence electrons. The molecule has 1 heterocycles. The molecule has 9 heteroatoms. The molecule has 1 saturated heterocycles. The number of benzene rings is 2. The first kappa shape index (κ1) is 22.5. The number of rotatable bonds is 9. The van der Waals surface area contributed by atoms with Gasteiger partial charge in [-0.2, -0.15) is 8.78 Å². The number of amides is 2. The van der Waals surface area contributed by atoms with Gasteiger partial charge in [-0.05, 0) is 42.2 Å². The molecule has 0 radical (unpaired) electrons. The number of ether oxygens (including phenoxy) is 3. The smallest absolute Gasteiger partial charge is 0.387 e. The van der Waals surface area contributed by atoms with Crippen LogP contribution in [-0.4, -0.2) is 46.5 Å². The van der Waals surface area contributed by atoms with Crippen LogP contribution in [0.2, 0.25) is 0 Å². The zero-order chi connectivity index (χ0) is 22.2. The Balaban J connectivity index is 1.43. The summed E-state index contributed by atoms with van der Waals surface area (Å²) in [6.07, 6.45) is 0.986. The predicted molar refractivity (Wildman–Crippen MR) is 113 cm³/mol. The van der Waals surface area contributed by atoms with E-state index in [9.17, 15) is 13.6 Å². The minimum atomic E-state index is -2.93. The summed E-state index contributed by atoms with van der Waals surface area (Å²) in [6.45, 7) is -0.349. The van der Waals surface area contributed by atoms with Crippen molar-refractivity contribution in [2.45, 2.75) is 19.6 Å². The third-order valence-corrected chi connectivity index (χ3v) is 5.15. The molecule has 1 aliphatic rings. The molecule has 7 nitrogen and oxygen atoms in total. The number of alkyl halides is 2. The van der Waals surface area contributed by atoms with Gasteiger partial charge in [0.05, 0.1) is 14.2 Å². The van der Waals surface area contributed by atoms with Crippen molar-refractivity contribution in [3.8, 4) is 17.2 Å². The number of hydrogen-bond donors (Lipinski definition) is 2. The normalized spacial score (nSPS) is 15.6. The molecule has 2 aromatic carbocycles. The van der Waals surface area contributed by atoms with E-state index in [1.54, 1.807) is 19.2 Å². The molecular formula is C22H27F2N3O4. The van der Waals surface area contributed by atoms with Gasteiger partial charge in [-0.25, -0.2) is 4.79 Å². The van der Waals surface area contributed by atoms with Crippen molar-refractivity contribution < 1.29 is 27.8 Å². The molecule has 0 bridgehead atoms. The number of nitrogens with zero attached hydrogens (tertiary/aromatic N) is 1. The van der Waals surface area contributed by atoms with E-state index >= 15 is 0 Å². The molecule has 2 amide bonds. The first-order valence-corrected chi connectivity index (χ1v) is 10.0. The highest BCUT2D eigenvalue weighted by Gasteiger charge is 2.23. The van der Waals surface area contributed by atoms with E-state index in [4.69, 9.17) is 9.47 Å². The second-order valence-electron chi connectivity index (χ2n) is 7.23. The molecule has 0 saturated carbocycles. The summed E-state index contributed by atoms with van der Waals surface area (Å²) in [4.78, 5) is 14.4. The third kappa shape index (κ3) is 6.37. The molecule has 1 aliphatic heterocycles. The quantitative estimate of drug-likeness (QED) is 0.630. The zero-order valence-electron chi connectivity index (χ0n) is 17.6. The fraction of sp³-hybridized carbons (Fsp3) is 0.409. The van der Waals surface area contributed by atoms with Crippen LogP contribution >= 0.6 is 0 Å². The topological polar surface area (TPSA) is 72.1 Å². The molecule has 1 unspecified atom stereocenters. The van der Waals surface area contributed by atoms with E-state index in [1.807, 2.05) is 18.2 Å². The van der Waals surface area contributed by atoms with Crippen LogP contribution in [0.25, 0.3) is 0 Å². The van der Waals surface area contributed by atoms with Crippen molar-refractivity contribution in [1.82, 2.24) is 10.6 Å². The SMILES string of the molecule is COc1cccc(N2CCC(CNC(=O)NCc3ccc(OC(F)F)c(OC)c3)C2)c1. The van der Waals surface area contributed by atoms with E-state index in [2.05, 4.69) is 26.3 Å². The van der Waals surface area contributed by atoms with Gasteiger partial charge < -0.3 is 29.7 Å². The maximum absolute atomic E-state index is 12.4. The van der Waals surface area contributed by atoms with Crippen LogP contribution in [0.3, 0.4) is 0 Å². The summed E-state index contributed by atoms with van der Waals surface area (Å²) in [5.41, 5.74) is 1.82. The summed E-state index contributed by atoms with van der Waals surface area (Å²) in [5.74, 6) is 1.31. The Hall–Kier alpha value is -3.23. The van der Waals surface area contributed by atoms with Gasteiger partial charge >= 0.3 is 12.6 Å². The maximum atomic E-state index is 12.4. The Kier molecular flexibility index (Phi) is 7.75. The van der Waals surface area contributed by atoms with Gasteiger partial charge in [0.25, 0.3) is 0 Å². The third-order valence-electron chi connectivity index (χ3n) is 5.15. The molecular weight excluding hydrogens is 408 g/mol. The second kappa shape index (κ2) is 10.7. The van der Waals surface area contributed by atoms with E-state index in [1.165, 1.54) is 13.2 Å². The highest BCUT2D eigenvalue weighted by atomic mass is 19.3. The van der Waals surface area contributed by atoms with Gasteiger partial charge in [0.15, 0.2) is 11.5 Å².